The lowest BCUT2D eigenvalue weighted by Gasteiger charge is -2.18. The number of hydrogen-bond acceptors (Lipinski definition) is 4. The molecule has 5 heteroatoms. The lowest BCUT2D eigenvalue weighted by molar-refractivity contribution is 0.782. The minimum atomic E-state index is 0.638. The van der Waals surface area contributed by atoms with Gasteiger partial charge >= 0.3 is 0 Å². The highest BCUT2D eigenvalue weighted by atomic mass is 35.5. The van der Waals surface area contributed by atoms with E-state index in [-0.39, 0.29) is 0 Å². The molecule has 0 atom stereocenters. The van der Waals surface area contributed by atoms with Gasteiger partial charge in [-0.1, -0.05) is 18.3 Å². The van der Waals surface area contributed by atoms with Gasteiger partial charge in [0, 0.05) is 19.0 Å². The van der Waals surface area contributed by atoms with Gasteiger partial charge in [-0.3, -0.25) is 0 Å². The maximum atomic E-state index is 5.70. The van der Waals surface area contributed by atoms with Gasteiger partial charge in [0.15, 0.2) is 0 Å². The number of aryl methyl sites for hydroxylation is 1. The minimum absolute atomic E-state index is 0.638. The van der Waals surface area contributed by atoms with Gasteiger partial charge in [0.2, 0.25) is 5.13 Å². The summed E-state index contributed by atoms with van der Waals surface area (Å²) in [7, 11) is 0. The Hall–Kier alpha value is -0.350. The second-order valence-corrected chi connectivity index (χ2v) is 4.32. The minimum Gasteiger partial charge on any atom is -0.345 e. The zero-order chi connectivity index (χ0) is 9.68. The molecule has 0 N–H and O–H groups in total. The van der Waals surface area contributed by atoms with E-state index < -0.39 is 0 Å². The molecule has 3 nitrogen and oxygen atoms in total. The van der Waals surface area contributed by atoms with E-state index in [9.17, 15) is 0 Å². The molecule has 0 saturated carbocycles. The Bertz CT molecular complexity index is 245. The van der Waals surface area contributed by atoms with Crippen LogP contribution < -0.4 is 4.90 Å². The molecule has 0 bridgehead atoms. The third-order valence-corrected chi connectivity index (χ3v) is 2.70. The summed E-state index contributed by atoms with van der Waals surface area (Å²) in [6.45, 7) is 5.96. The number of hydrogen-bond donors (Lipinski definition) is 0. The molecule has 0 aliphatic rings. The van der Waals surface area contributed by atoms with Crippen molar-refractivity contribution in [3.63, 3.8) is 0 Å². The SMILES string of the molecule is CCCN(CCCl)c1nnc(C)s1. The zero-order valence-electron chi connectivity index (χ0n) is 7.96. The van der Waals surface area contributed by atoms with Crippen LogP contribution in [0.4, 0.5) is 5.13 Å². The Labute approximate surface area is 87.7 Å². The highest BCUT2D eigenvalue weighted by Gasteiger charge is 2.08. The molecule has 0 saturated heterocycles. The topological polar surface area (TPSA) is 29.0 Å². The molecular formula is C8H14ClN3S. The van der Waals surface area contributed by atoms with Gasteiger partial charge < -0.3 is 4.90 Å². The maximum absolute atomic E-state index is 5.70. The Balaban J connectivity index is 2.63. The summed E-state index contributed by atoms with van der Waals surface area (Å²) in [6, 6.07) is 0. The number of nitrogens with zero attached hydrogens (tertiary/aromatic N) is 3. The van der Waals surface area contributed by atoms with Crippen molar-refractivity contribution in [1.29, 1.82) is 0 Å². The quantitative estimate of drug-likeness (QED) is 0.712. The summed E-state index contributed by atoms with van der Waals surface area (Å²) in [5.41, 5.74) is 0. The Morgan fingerprint density at radius 2 is 2.15 bits per heavy atom. The van der Waals surface area contributed by atoms with Gasteiger partial charge in [-0.15, -0.1) is 21.8 Å². The second kappa shape index (κ2) is 5.40. The molecule has 0 fully saturated rings. The van der Waals surface area contributed by atoms with Crippen LogP contribution in [-0.4, -0.2) is 29.2 Å². The van der Waals surface area contributed by atoms with Crippen molar-refractivity contribution < 1.29 is 0 Å². The summed E-state index contributed by atoms with van der Waals surface area (Å²) in [4.78, 5) is 2.18. The van der Waals surface area contributed by atoms with Crippen LogP contribution in [0.2, 0.25) is 0 Å². The van der Waals surface area contributed by atoms with Crippen molar-refractivity contribution in [2.24, 2.45) is 0 Å². The van der Waals surface area contributed by atoms with Crippen molar-refractivity contribution in [1.82, 2.24) is 10.2 Å². The van der Waals surface area contributed by atoms with E-state index in [1.807, 2.05) is 6.92 Å². The number of aromatic nitrogens is 2. The van der Waals surface area contributed by atoms with Gasteiger partial charge in [0.25, 0.3) is 0 Å². The fourth-order valence-electron chi connectivity index (χ4n) is 1.09. The number of rotatable bonds is 5. The molecule has 0 aliphatic heterocycles. The van der Waals surface area contributed by atoms with E-state index in [1.54, 1.807) is 11.3 Å². The number of halogens is 1. The highest BCUT2D eigenvalue weighted by molar-refractivity contribution is 7.15. The molecule has 0 aliphatic carbocycles. The Kier molecular flexibility index (Phi) is 4.45. The molecule has 0 radical (unpaired) electrons. The van der Waals surface area contributed by atoms with Gasteiger partial charge in [-0.25, -0.2) is 0 Å². The number of anilines is 1. The summed E-state index contributed by atoms with van der Waals surface area (Å²) >= 11 is 7.32. The van der Waals surface area contributed by atoms with Crippen molar-refractivity contribution in [3.8, 4) is 0 Å². The summed E-state index contributed by atoms with van der Waals surface area (Å²) < 4.78 is 0. The van der Waals surface area contributed by atoms with Crippen LogP contribution in [0.1, 0.15) is 18.4 Å². The standard InChI is InChI=1S/C8H14ClN3S/c1-3-5-12(6-4-9)8-11-10-7(2)13-8/h3-6H2,1-2H3. The van der Waals surface area contributed by atoms with Crippen molar-refractivity contribution >= 4 is 28.1 Å². The Morgan fingerprint density at radius 1 is 1.38 bits per heavy atom. The smallest absolute Gasteiger partial charge is 0.208 e. The van der Waals surface area contributed by atoms with E-state index in [4.69, 9.17) is 11.6 Å². The third-order valence-electron chi connectivity index (χ3n) is 1.63. The molecule has 0 spiro atoms. The first kappa shape index (κ1) is 10.7. The number of alkyl halides is 1. The molecule has 0 amide bonds. The Morgan fingerprint density at radius 3 is 2.62 bits per heavy atom. The maximum Gasteiger partial charge on any atom is 0.208 e. The fraction of sp³-hybridized carbons (Fsp3) is 0.750. The van der Waals surface area contributed by atoms with Crippen molar-refractivity contribution in [2.45, 2.75) is 20.3 Å². The van der Waals surface area contributed by atoms with Crippen LogP contribution in [0.25, 0.3) is 0 Å². The van der Waals surface area contributed by atoms with Gasteiger partial charge in [0.05, 0.1) is 0 Å². The monoisotopic (exact) mass is 219 g/mol. The molecule has 1 aromatic heterocycles. The van der Waals surface area contributed by atoms with Crippen LogP contribution in [0.3, 0.4) is 0 Å². The molecular weight excluding hydrogens is 206 g/mol. The van der Waals surface area contributed by atoms with E-state index in [0.717, 1.165) is 29.6 Å². The third kappa shape index (κ3) is 3.12. The van der Waals surface area contributed by atoms with Crippen LogP contribution in [-0.2, 0) is 0 Å². The summed E-state index contributed by atoms with van der Waals surface area (Å²) in [5, 5.41) is 10.1. The average molecular weight is 220 g/mol. The van der Waals surface area contributed by atoms with Crippen molar-refractivity contribution in [3.05, 3.63) is 5.01 Å². The molecule has 74 valence electrons. The molecule has 13 heavy (non-hydrogen) atoms. The first-order chi connectivity index (χ1) is 6.27. The van der Waals surface area contributed by atoms with E-state index in [0.29, 0.717) is 5.88 Å². The van der Waals surface area contributed by atoms with Crippen molar-refractivity contribution in [2.75, 3.05) is 23.9 Å². The lowest BCUT2D eigenvalue weighted by Crippen LogP contribution is -2.26. The first-order valence-corrected chi connectivity index (χ1v) is 5.74. The van der Waals surface area contributed by atoms with Gasteiger partial charge in [0.1, 0.15) is 5.01 Å². The predicted octanol–water partition coefficient (Wildman–Crippen LogP) is 2.30. The predicted molar refractivity (Wildman–Crippen MR) is 57.9 cm³/mol. The molecule has 1 heterocycles. The molecule has 1 aromatic rings. The molecule has 0 unspecified atom stereocenters. The highest BCUT2D eigenvalue weighted by Crippen LogP contribution is 2.19. The summed E-state index contributed by atoms with van der Waals surface area (Å²) in [5.74, 6) is 0.638. The van der Waals surface area contributed by atoms with E-state index >= 15 is 0 Å². The molecule has 0 aromatic carbocycles. The largest absolute Gasteiger partial charge is 0.345 e. The van der Waals surface area contributed by atoms with Crippen LogP contribution in [0.5, 0.6) is 0 Å². The van der Waals surface area contributed by atoms with Gasteiger partial charge in [-0.05, 0) is 13.3 Å². The normalized spacial score (nSPS) is 10.4. The first-order valence-electron chi connectivity index (χ1n) is 4.39. The van der Waals surface area contributed by atoms with E-state index in [2.05, 4.69) is 22.0 Å². The van der Waals surface area contributed by atoms with E-state index in [1.165, 1.54) is 0 Å². The second-order valence-electron chi connectivity index (χ2n) is 2.78. The fourth-order valence-corrected chi connectivity index (χ4v) is 2.03. The lowest BCUT2D eigenvalue weighted by atomic mass is 10.4. The summed E-state index contributed by atoms with van der Waals surface area (Å²) in [6.07, 6.45) is 1.11. The zero-order valence-corrected chi connectivity index (χ0v) is 9.53. The average Bonchev–Trinajstić information content (AvgIpc) is 2.51. The van der Waals surface area contributed by atoms with Crippen LogP contribution in [0, 0.1) is 6.92 Å². The van der Waals surface area contributed by atoms with Crippen LogP contribution >= 0.6 is 22.9 Å². The molecule has 1 rings (SSSR count). The van der Waals surface area contributed by atoms with Crippen LogP contribution in [0.15, 0.2) is 0 Å². The van der Waals surface area contributed by atoms with Gasteiger partial charge in [-0.2, -0.15) is 0 Å².